The number of rotatable bonds is 2. The molecule has 106 valence electrons. The summed E-state index contributed by atoms with van der Waals surface area (Å²) in [7, 11) is 0. The lowest BCUT2D eigenvalue weighted by atomic mass is 9.88. The minimum absolute atomic E-state index is 0.303. The van der Waals surface area contributed by atoms with Gasteiger partial charge in [-0.2, -0.15) is 13.2 Å². The van der Waals surface area contributed by atoms with E-state index >= 15 is 0 Å². The van der Waals surface area contributed by atoms with Gasteiger partial charge in [-0.05, 0) is 42.3 Å². The predicted octanol–water partition coefficient (Wildman–Crippen LogP) is 4.10. The largest absolute Gasteiger partial charge is 0.416 e. The lowest BCUT2D eigenvalue weighted by Gasteiger charge is -2.25. The summed E-state index contributed by atoms with van der Waals surface area (Å²) >= 11 is 0. The second kappa shape index (κ2) is 4.90. The van der Waals surface area contributed by atoms with Crippen molar-refractivity contribution < 1.29 is 22.7 Å². The van der Waals surface area contributed by atoms with E-state index in [0.29, 0.717) is 11.1 Å². The third-order valence-corrected chi connectivity index (χ3v) is 3.18. The summed E-state index contributed by atoms with van der Waals surface area (Å²) in [5.74, 6) is -0.447. The minimum atomic E-state index is -4.42. The molecular formula is C15H12F4O. The molecule has 0 fully saturated rings. The van der Waals surface area contributed by atoms with Gasteiger partial charge >= 0.3 is 6.18 Å². The summed E-state index contributed by atoms with van der Waals surface area (Å²) < 4.78 is 50.3. The Labute approximate surface area is 113 Å². The number of alkyl halides is 3. The first kappa shape index (κ1) is 14.5. The molecule has 0 heterocycles. The molecule has 0 aromatic heterocycles. The van der Waals surface area contributed by atoms with E-state index < -0.39 is 23.2 Å². The zero-order valence-electron chi connectivity index (χ0n) is 10.6. The standard InChI is InChI=1S/C15H12F4O/c1-14(20,11-6-8-13(16)9-7-11)10-2-4-12(5-3-10)15(17,18)19/h2-9,20H,1H3. The van der Waals surface area contributed by atoms with Crippen LogP contribution in [0.3, 0.4) is 0 Å². The number of benzene rings is 2. The van der Waals surface area contributed by atoms with Crippen molar-refractivity contribution in [2.45, 2.75) is 18.7 Å². The molecule has 1 unspecified atom stereocenters. The summed E-state index contributed by atoms with van der Waals surface area (Å²) in [5, 5.41) is 10.4. The highest BCUT2D eigenvalue weighted by atomic mass is 19.4. The van der Waals surface area contributed by atoms with Crippen LogP contribution in [0.15, 0.2) is 48.5 Å². The monoisotopic (exact) mass is 284 g/mol. The van der Waals surface area contributed by atoms with Crippen molar-refractivity contribution in [3.8, 4) is 0 Å². The second-order valence-corrected chi connectivity index (χ2v) is 4.65. The smallest absolute Gasteiger partial charge is 0.381 e. The van der Waals surface area contributed by atoms with Gasteiger partial charge in [-0.15, -0.1) is 0 Å². The molecule has 0 bridgehead atoms. The summed E-state index contributed by atoms with van der Waals surface area (Å²) in [4.78, 5) is 0. The van der Waals surface area contributed by atoms with E-state index in [0.717, 1.165) is 12.1 Å². The van der Waals surface area contributed by atoms with Crippen LogP contribution in [0, 0.1) is 5.82 Å². The van der Waals surface area contributed by atoms with Crippen LogP contribution in [-0.2, 0) is 11.8 Å². The van der Waals surface area contributed by atoms with Crippen molar-refractivity contribution >= 4 is 0 Å². The van der Waals surface area contributed by atoms with Gasteiger partial charge in [0.05, 0.1) is 5.56 Å². The zero-order valence-corrected chi connectivity index (χ0v) is 10.6. The molecule has 0 aliphatic carbocycles. The Morgan fingerprint density at radius 1 is 0.750 bits per heavy atom. The van der Waals surface area contributed by atoms with Gasteiger partial charge in [0, 0.05) is 0 Å². The molecule has 0 aliphatic heterocycles. The normalized spacial score (nSPS) is 14.9. The van der Waals surface area contributed by atoms with Gasteiger partial charge in [0.25, 0.3) is 0 Å². The molecule has 2 rings (SSSR count). The van der Waals surface area contributed by atoms with Crippen molar-refractivity contribution in [3.63, 3.8) is 0 Å². The predicted molar refractivity (Wildman–Crippen MR) is 66.5 cm³/mol. The van der Waals surface area contributed by atoms with Gasteiger partial charge in [-0.25, -0.2) is 4.39 Å². The maximum atomic E-state index is 12.9. The van der Waals surface area contributed by atoms with Crippen molar-refractivity contribution in [1.29, 1.82) is 0 Å². The van der Waals surface area contributed by atoms with E-state index in [9.17, 15) is 22.7 Å². The quantitative estimate of drug-likeness (QED) is 0.823. The molecule has 0 saturated carbocycles. The summed E-state index contributed by atoms with van der Waals surface area (Å²) in [6.07, 6.45) is -4.42. The SMILES string of the molecule is CC(O)(c1ccc(F)cc1)c1ccc(C(F)(F)F)cc1. The summed E-state index contributed by atoms with van der Waals surface area (Å²) in [6.45, 7) is 1.45. The van der Waals surface area contributed by atoms with Crippen LogP contribution < -0.4 is 0 Å². The Hall–Kier alpha value is -1.88. The summed E-state index contributed by atoms with van der Waals surface area (Å²) in [6, 6.07) is 9.42. The van der Waals surface area contributed by atoms with Gasteiger partial charge < -0.3 is 5.11 Å². The lowest BCUT2D eigenvalue weighted by Crippen LogP contribution is -2.23. The van der Waals surface area contributed by atoms with E-state index in [1.54, 1.807) is 0 Å². The topological polar surface area (TPSA) is 20.2 Å². The molecule has 2 aromatic carbocycles. The molecule has 2 aromatic rings. The molecule has 1 N–H and O–H groups in total. The average Bonchev–Trinajstić information content (AvgIpc) is 2.38. The van der Waals surface area contributed by atoms with E-state index in [1.807, 2.05) is 0 Å². The number of aliphatic hydroxyl groups is 1. The van der Waals surface area contributed by atoms with Crippen LogP contribution >= 0.6 is 0 Å². The first-order valence-corrected chi connectivity index (χ1v) is 5.87. The number of hydrogen-bond donors (Lipinski definition) is 1. The third kappa shape index (κ3) is 2.82. The molecule has 1 atom stereocenters. The molecule has 20 heavy (non-hydrogen) atoms. The highest BCUT2D eigenvalue weighted by Crippen LogP contribution is 2.33. The lowest BCUT2D eigenvalue weighted by molar-refractivity contribution is -0.137. The Balaban J connectivity index is 2.37. The highest BCUT2D eigenvalue weighted by Gasteiger charge is 2.32. The fourth-order valence-corrected chi connectivity index (χ4v) is 1.92. The molecule has 0 spiro atoms. The fourth-order valence-electron chi connectivity index (χ4n) is 1.92. The van der Waals surface area contributed by atoms with Crippen molar-refractivity contribution in [2.24, 2.45) is 0 Å². The van der Waals surface area contributed by atoms with E-state index in [4.69, 9.17) is 0 Å². The number of hydrogen-bond acceptors (Lipinski definition) is 1. The van der Waals surface area contributed by atoms with Crippen molar-refractivity contribution in [3.05, 3.63) is 71.0 Å². The Kier molecular flexibility index (Phi) is 3.56. The Morgan fingerprint density at radius 2 is 1.10 bits per heavy atom. The molecule has 0 saturated heterocycles. The fraction of sp³-hybridized carbons (Fsp3) is 0.200. The van der Waals surface area contributed by atoms with Gasteiger partial charge in [0.15, 0.2) is 0 Å². The van der Waals surface area contributed by atoms with E-state index in [-0.39, 0.29) is 0 Å². The maximum Gasteiger partial charge on any atom is 0.416 e. The molecule has 5 heteroatoms. The van der Waals surface area contributed by atoms with Crippen LogP contribution in [0.25, 0.3) is 0 Å². The van der Waals surface area contributed by atoms with Gasteiger partial charge in [0.2, 0.25) is 0 Å². The maximum absolute atomic E-state index is 12.9. The number of halogens is 4. The molecule has 0 radical (unpaired) electrons. The molecular weight excluding hydrogens is 272 g/mol. The van der Waals surface area contributed by atoms with Gasteiger partial charge in [0.1, 0.15) is 11.4 Å². The molecule has 1 nitrogen and oxygen atoms in total. The van der Waals surface area contributed by atoms with Gasteiger partial charge in [-0.1, -0.05) is 24.3 Å². The first-order chi connectivity index (χ1) is 9.21. The van der Waals surface area contributed by atoms with E-state index in [2.05, 4.69) is 0 Å². The third-order valence-electron chi connectivity index (χ3n) is 3.18. The van der Waals surface area contributed by atoms with Gasteiger partial charge in [-0.3, -0.25) is 0 Å². The highest BCUT2D eigenvalue weighted by molar-refractivity contribution is 5.37. The van der Waals surface area contributed by atoms with Crippen molar-refractivity contribution in [2.75, 3.05) is 0 Å². The molecule has 0 amide bonds. The van der Waals surface area contributed by atoms with Crippen molar-refractivity contribution in [1.82, 2.24) is 0 Å². The van der Waals surface area contributed by atoms with E-state index in [1.165, 1.54) is 43.3 Å². The minimum Gasteiger partial charge on any atom is -0.381 e. The zero-order chi connectivity index (χ0) is 15.0. The first-order valence-electron chi connectivity index (χ1n) is 5.87. The second-order valence-electron chi connectivity index (χ2n) is 4.65. The average molecular weight is 284 g/mol. The van der Waals surface area contributed by atoms with Crippen LogP contribution in [-0.4, -0.2) is 5.11 Å². The van der Waals surface area contributed by atoms with Crippen LogP contribution in [0.5, 0.6) is 0 Å². The Morgan fingerprint density at radius 3 is 1.50 bits per heavy atom. The van der Waals surface area contributed by atoms with Crippen LogP contribution in [0.4, 0.5) is 17.6 Å². The summed E-state index contributed by atoms with van der Waals surface area (Å²) in [5.41, 5.74) is -1.57. The van der Waals surface area contributed by atoms with Crippen LogP contribution in [0.2, 0.25) is 0 Å². The van der Waals surface area contributed by atoms with Crippen LogP contribution in [0.1, 0.15) is 23.6 Å². The molecule has 0 aliphatic rings. The Bertz CT molecular complexity index is 583.